The zero-order valence-corrected chi connectivity index (χ0v) is 18.6. The molecule has 2 atom stereocenters. The van der Waals surface area contributed by atoms with E-state index >= 15 is 0 Å². The number of carbonyl (C=O) groups is 1. The topological polar surface area (TPSA) is 75.2 Å². The molecule has 166 valence electrons. The number of benzene rings is 1. The standard InChI is InChI=1S/C23H36N4O3/c1-4-19(27-12-5-6-22(27)28)9-11-25-23(24-3)26-15-18-8-7-17(2)14-21(18)30-20-10-13-29-16-20/h7-8,14,19-20H,4-6,9-13,15-16H2,1-3H3,(H2,24,25,26). The van der Waals surface area contributed by atoms with Crippen LogP contribution in [0.2, 0.25) is 0 Å². The molecule has 3 rings (SSSR count). The zero-order valence-electron chi connectivity index (χ0n) is 18.6. The molecule has 1 aromatic carbocycles. The van der Waals surface area contributed by atoms with Gasteiger partial charge in [-0.1, -0.05) is 19.1 Å². The van der Waals surface area contributed by atoms with Crippen molar-refractivity contribution in [2.45, 2.75) is 64.6 Å². The summed E-state index contributed by atoms with van der Waals surface area (Å²) in [4.78, 5) is 18.4. The van der Waals surface area contributed by atoms with Gasteiger partial charge in [0.15, 0.2) is 5.96 Å². The fraction of sp³-hybridized carbons (Fsp3) is 0.652. The molecular weight excluding hydrogens is 380 g/mol. The smallest absolute Gasteiger partial charge is 0.222 e. The first-order valence-electron chi connectivity index (χ1n) is 11.2. The minimum atomic E-state index is 0.127. The molecule has 30 heavy (non-hydrogen) atoms. The van der Waals surface area contributed by atoms with E-state index in [9.17, 15) is 4.79 Å². The zero-order chi connectivity index (χ0) is 21.3. The van der Waals surface area contributed by atoms with Gasteiger partial charge in [0.05, 0.1) is 13.2 Å². The Bertz CT molecular complexity index is 731. The Hall–Kier alpha value is -2.28. The van der Waals surface area contributed by atoms with Gasteiger partial charge >= 0.3 is 0 Å². The molecule has 7 nitrogen and oxygen atoms in total. The second-order valence-electron chi connectivity index (χ2n) is 8.11. The third-order valence-electron chi connectivity index (χ3n) is 5.87. The van der Waals surface area contributed by atoms with E-state index in [1.54, 1.807) is 7.05 Å². The molecule has 2 heterocycles. The monoisotopic (exact) mass is 416 g/mol. The number of carbonyl (C=O) groups excluding carboxylic acids is 1. The molecule has 2 aliphatic heterocycles. The van der Waals surface area contributed by atoms with Crippen molar-refractivity contribution in [3.63, 3.8) is 0 Å². The van der Waals surface area contributed by atoms with Crippen molar-refractivity contribution in [1.82, 2.24) is 15.5 Å². The Kier molecular flexibility index (Phi) is 8.37. The van der Waals surface area contributed by atoms with E-state index in [0.29, 0.717) is 31.5 Å². The summed E-state index contributed by atoms with van der Waals surface area (Å²) in [6, 6.07) is 6.60. The van der Waals surface area contributed by atoms with Crippen molar-refractivity contribution in [3.8, 4) is 5.75 Å². The quantitative estimate of drug-likeness (QED) is 0.478. The molecular formula is C23H36N4O3. The number of likely N-dealkylation sites (tertiary alicyclic amines) is 1. The number of aliphatic imine (C=N–C) groups is 1. The maximum absolute atomic E-state index is 12.0. The lowest BCUT2D eigenvalue weighted by Gasteiger charge is -2.27. The Morgan fingerprint density at radius 1 is 1.40 bits per heavy atom. The fourth-order valence-corrected chi connectivity index (χ4v) is 4.10. The second kappa shape index (κ2) is 11.2. The van der Waals surface area contributed by atoms with Crippen molar-refractivity contribution < 1.29 is 14.3 Å². The lowest BCUT2D eigenvalue weighted by atomic mass is 10.1. The minimum Gasteiger partial charge on any atom is -0.488 e. The van der Waals surface area contributed by atoms with Gasteiger partial charge in [0.2, 0.25) is 5.91 Å². The van der Waals surface area contributed by atoms with Gasteiger partial charge in [0, 0.05) is 51.1 Å². The first-order chi connectivity index (χ1) is 14.6. The summed E-state index contributed by atoms with van der Waals surface area (Å²) in [5.41, 5.74) is 2.28. The van der Waals surface area contributed by atoms with Gasteiger partial charge in [-0.2, -0.15) is 0 Å². The van der Waals surface area contributed by atoms with Crippen LogP contribution in [0.25, 0.3) is 0 Å². The molecule has 2 saturated heterocycles. The lowest BCUT2D eigenvalue weighted by Crippen LogP contribution is -2.41. The molecule has 0 bridgehead atoms. The third kappa shape index (κ3) is 6.11. The van der Waals surface area contributed by atoms with E-state index in [-0.39, 0.29) is 6.10 Å². The summed E-state index contributed by atoms with van der Waals surface area (Å²) in [6.45, 7) is 7.95. The highest BCUT2D eigenvalue weighted by Gasteiger charge is 2.26. The summed E-state index contributed by atoms with van der Waals surface area (Å²) >= 11 is 0. The Morgan fingerprint density at radius 2 is 2.27 bits per heavy atom. The summed E-state index contributed by atoms with van der Waals surface area (Å²) in [7, 11) is 1.78. The third-order valence-corrected chi connectivity index (χ3v) is 5.87. The van der Waals surface area contributed by atoms with E-state index in [4.69, 9.17) is 9.47 Å². The van der Waals surface area contributed by atoms with Gasteiger partial charge in [-0.05, 0) is 37.8 Å². The maximum atomic E-state index is 12.0. The molecule has 7 heteroatoms. The normalized spacial score (nSPS) is 20.5. The van der Waals surface area contributed by atoms with Crippen LogP contribution in [-0.4, -0.2) is 62.3 Å². The second-order valence-corrected chi connectivity index (χ2v) is 8.11. The van der Waals surface area contributed by atoms with Crippen molar-refractivity contribution in [1.29, 1.82) is 0 Å². The molecule has 0 saturated carbocycles. The van der Waals surface area contributed by atoms with Crippen molar-refractivity contribution in [2.24, 2.45) is 4.99 Å². The van der Waals surface area contributed by atoms with E-state index < -0.39 is 0 Å². The number of aryl methyl sites for hydroxylation is 1. The highest BCUT2D eigenvalue weighted by molar-refractivity contribution is 5.80. The van der Waals surface area contributed by atoms with Crippen LogP contribution in [0.5, 0.6) is 5.75 Å². The van der Waals surface area contributed by atoms with E-state index in [0.717, 1.165) is 62.7 Å². The average Bonchev–Trinajstić information content (AvgIpc) is 3.40. The van der Waals surface area contributed by atoms with Gasteiger partial charge in [-0.25, -0.2) is 0 Å². The molecule has 2 unspecified atom stereocenters. The summed E-state index contributed by atoms with van der Waals surface area (Å²) in [5.74, 6) is 1.96. The molecule has 0 radical (unpaired) electrons. The number of hydrogen-bond acceptors (Lipinski definition) is 4. The number of amides is 1. The van der Waals surface area contributed by atoms with Crippen LogP contribution in [0.3, 0.4) is 0 Å². The number of rotatable bonds is 9. The summed E-state index contributed by atoms with van der Waals surface area (Å²) in [6.07, 6.45) is 4.64. The van der Waals surface area contributed by atoms with Gasteiger partial charge in [0.1, 0.15) is 11.9 Å². The predicted molar refractivity (Wildman–Crippen MR) is 119 cm³/mol. The van der Waals surface area contributed by atoms with Gasteiger partial charge < -0.3 is 25.0 Å². The van der Waals surface area contributed by atoms with Gasteiger partial charge in [-0.15, -0.1) is 0 Å². The van der Waals surface area contributed by atoms with Crippen LogP contribution >= 0.6 is 0 Å². The Balaban J connectivity index is 1.49. The molecule has 0 spiro atoms. The van der Waals surface area contributed by atoms with Crippen molar-refractivity contribution in [2.75, 3.05) is 33.4 Å². The van der Waals surface area contributed by atoms with Gasteiger partial charge in [0.25, 0.3) is 0 Å². The number of hydrogen-bond donors (Lipinski definition) is 2. The minimum absolute atomic E-state index is 0.127. The molecule has 2 N–H and O–H groups in total. The molecule has 1 amide bonds. The van der Waals surface area contributed by atoms with Crippen LogP contribution in [0.1, 0.15) is 50.2 Å². The Labute approximate surface area is 180 Å². The predicted octanol–water partition coefficient (Wildman–Crippen LogP) is 2.62. The van der Waals surface area contributed by atoms with Crippen LogP contribution in [0.15, 0.2) is 23.2 Å². The number of ether oxygens (including phenoxy) is 2. The summed E-state index contributed by atoms with van der Waals surface area (Å²) < 4.78 is 11.6. The first-order valence-corrected chi connectivity index (χ1v) is 11.2. The van der Waals surface area contributed by atoms with Crippen LogP contribution in [0.4, 0.5) is 0 Å². The highest BCUT2D eigenvalue weighted by atomic mass is 16.5. The number of guanidine groups is 1. The fourth-order valence-electron chi connectivity index (χ4n) is 4.10. The average molecular weight is 417 g/mol. The van der Waals surface area contributed by atoms with Gasteiger partial charge in [-0.3, -0.25) is 9.79 Å². The first kappa shape index (κ1) is 22.4. The molecule has 1 aromatic rings. The highest BCUT2D eigenvalue weighted by Crippen LogP contribution is 2.24. The van der Waals surface area contributed by atoms with E-state index in [1.165, 1.54) is 5.56 Å². The molecule has 0 aliphatic carbocycles. The van der Waals surface area contributed by atoms with Crippen molar-refractivity contribution >= 4 is 11.9 Å². The van der Waals surface area contributed by atoms with E-state index in [1.807, 2.05) is 4.90 Å². The SMILES string of the molecule is CCC(CCNC(=NC)NCc1ccc(C)cc1OC1CCOC1)N1CCCC1=O. The lowest BCUT2D eigenvalue weighted by molar-refractivity contribution is -0.129. The number of nitrogens with zero attached hydrogens (tertiary/aromatic N) is 2. The van der Waals surface area contributed by atoms with Crippen LogP contribution < -0.4 is 15.4 Å². The van der Waals surface area contributed by atoms with Crippen LogP contribution in [0, 0.1) is 6.92 Å². The van der Waals surface area contributed by atoms with E-state index in [2.05, 4.69) is 47.7 Å². The van der Waals surface area contributed by atoms with Crippen molar-refractivity contribution in [3.05, 3.63) is 29.3 Å². The largest absolute Gasteiger partial charge is 0.488 e. The Morgan fingerprint density at radius 3 is 2.93 bits per heavy atom. The summed E-state index contributed by atoms with van der Waals surface area (Å²) in [5, 5.41) is 6.77. The molecule has 0 aromatic heterocycles. The number of nitrogens with one attached hydrogen (secondary N) is 2. The maximum Gasteiger partial charge on any atom is 0.222 e. The van der Waals surface area contributed by atoms with Crippen LogP contribution in [-0.2, 0) is 16.1 Å². The molecule has 2 fully saturated rings. The molecule has 2 aliphatic rings.